The van der Waals surface area contributed by atoms with Crippen molar-refractivity contribution in [3.05, 3.63) is 126 Å². The number of benzene rings is 3. The van der Waals surface area contributed by atoms with Crippen molar-refractivity contribution >= 4 is 17.5 Å². The number of carbonyl (C=O) groups is 1. The fourth-order valence-corrected chi connectivity index (χ4v) is 4.81. The zero-order valence-corrected chi connectivity index (χ0v) is 22.6. The summed E-state index contributed by atoms with van der Waals surface area (Å²) in [6, 6.07) is 28.3. The highest BCUT2D eigenvalue weighted by Gasteiger charge is 2.35. The number of nitrogens with zero attached hydrogens (tertiary/aromatic N) is 4. The van der Waals surface area contributed by atoms with E-state index in [0.717, 1.165) is 16.7 Å². The molecule has 5 aromatic rings. The van der Waals surface area contributed by atoms with Crippen LogP contribution in [0.1, 0.15) is 24.1 Å². The van der Waals surface area contributed by atoms with Gasteiger partial charge >= 0.3 is 0 Å². The second kappa shape index (κ2) is 11.4. The molecular weight excluding hydrogens is 516 g/mol. The van der Waals surface area contributed by atoms with Crippen LogP contribution in [-0.2, 0) is 11.4 Å². The molecule has 9 nitrogen and oxygen atoms in total. The topological polar surface area (TPSA) is 103 Å². The molecule has 1 aliphatic rings. The minimum Gasteiger partial charge on any atom is -0.493 e. The summed E-state index contributed by atoms with van der Waals surface area (Å²) in [7, 11) is 1.60. The zero-order chi connectivity index (χ0) is 28.2. The van der Waals surface area contributed by atoms with Gasteiger partial charge in [-0.05, 0) is 42.3 Å². The molecule has 3 heterocycles. The van der Waals surface area contributed by atoms with Gasteiger partial charge in [0.2, 0.25) is 5.95 Å². The number of anilines is 2. The molecule has 0 bridgehead atoms. The van der Waals surface area contributed by atoms with E-state index < -0.39 is 6.04 Å². The average Bonchev–Trinajstić information content (AvgIpc) is 3.44. The van der Waals surface area contributed by atoms with Crippen LogP contribution in [-0.4, -0.2) is 32.8 Å². The van der Waals surface area contributed by atoms with E-state index in [4.69, 9.17) is 19.6 Å². The maximum absolute atomic E-state index is 13.8. The van der Waals surface area contributed by atoms with Gasteiger partial charge in [-0.15, -0.1) is 5.10 Å². The third-order valence-electron chi connectivity index (χ3n) is 6.79. The highest BCUT2D eigenvalue weighted by atomic mass is 16.5. The van der Waals surface area contributed by atoms with E-state index in [1.165, 1.54) is 0 Å². The average molecular weight is 545 g/mol. The van der Waals surface area contributed by atoms with Gasteiger partial charge in [0, 0.05) is 17.5 Å². The molecular formula is C32H28N6O3. The van der Waals surface area contributed by atoms with Crippen LogP contribution in [0.4, 0.5) is 11.6 Å². The van der Waals surface area contributed by atoms with E-state index in [-0.39, 0.29) is 5.91 Å². The molecule has 1 amide bonds. The first-order chi connectivity index (χ1) is 20.1. The smallest absolute Gasteiger partial charge is 0.255 e. The number of amides is 1. The summed E-state index contributed by atoms with van der Waals surface area (Å²) < 4.78 is 13.6. The van der Waals surface area contributed by atoms with Gasteiger partial charge in [0.25, 0.3) is 5.91 Å². The molecule has 1 aliphatic heterocycles. The van der Waals surface area contributed by atoms with Crippen LogP contribution in [0.3, 0.4) is 0 Å². The van der Waals surface area contributed by atoms with E-state index in [2.05, 4.69) is 15.6 Å². The quantitative estimate of drug-likeness (QED) is 0.252. The summed E-state index contributed by atoms with van der Waals surface area (Å²) in [5.41, 5.74) is 4.46. The van der Waals surface area contributed by atoms with Crippen LogP contribution >= 0.6 is 0 Å². The molecule has 3 aromatic carbocycles. The molecule has 9 heteroatoms. The van der Waals surface area contributed by atoms with Crippen molar-refractivity contribution in [1.29, 1.82) is 0 Å². The molecule has 0 fully saturated rings. The number of fused-ring (bicyclic) bond motifs is 1. The third-order valence-corrected chi connectivity index (χ3v) is 6.79. The first-order valence-corrected chi connectivity index (χ1v) is 13.2. The fourth-order valence-electron chi connectivity index (χ4n) is 4.81. The SMILES string of the molecule is COc1cc([C@H]2C(C(=O)Nc3cccnc3)=C(C)Nc3nc(-c4ccccc4)nn32)ccc1OCc1ccccc1. The first-order valence-electron chi connectivity index (χ1n) is 13.2. The van der Waals surface area contributed by atoms with Gasteiger partial charge in [0.15, 0.2) is 17.3 Å². The van der Waals surface area contributed by atoms with E-state index in [9.17, 15) is 4.79 Å². The van der Waals surface area contributed by atoms with Gasteiger partial charge < -0.3 is 20.1 Å². The molecule has 204 valence electrons. The van der Waals surface area contributed by atoms with Crippen molar-refractivity contribution in [2.45, 2.75) is 19.6 Å². The summed E-state index contributed by atoms with van der Waals surface area (Å²) in [6.45, 7) is 2.26. The minimum absolute atomic E-state index is 0.279. The second-order valence-corrected chi connectivity index (χ2v) is 9.52. The first kappa shape index (κ1) is 25.8. The molecule has 0 saturated heterocycles. The van der Waals surface area contributed by atoms with Crippen LogP contribution in [0.2, 0.25) is 0 Å². The number of nitrogens with one attached hydrogen (secondary N) is 2. The molecule has 2 N–H and O–H groups in total. The van der Waals surface area contributed by atoms with Gasteiger partial charge in [0.1, 0.15) is 12.6 Å². The standard InChI is InChI=1S/C32H28N6O3/c1-21-28(31(39)35-25-14-9-17-33-19-25)29(38-32(34-21)36-30(37-38)23-12-7-4-8-13-23)24-15-16-26(27(18-24)40-2)41-20-22-10-5-3-6-11-22/h3-19,29H,20H2,1-2H3,(H,35,39)(H,34,36,37)/t29-/m0/s1. The Hall–Kier alpha value is -5.44. The van der Waals surface area contributed by atoms with Gasteiger partial charge in [-0.1, -0.05) is 66.7 Å². The third kappa shape index (κ3) is 5.38. The molecule has 0 spiro atoms. The lowest BCUT2D eigenvalue weighted by atomic mass is 9.94. The number of ether oxygens (including phenoxy) is 2. The van der Waals surface area contributed by atoms with Crippen molar-refractivity contribution < 1.29 is 14.3 Å². The Labute approximate surface area is 237 Å². The van der Waals surface area contributed by atoms with E-state index in [0.29, 0.717) is 46.8 Å². The predicted molar refractivity (Wildman–Crippen MR) is 157 cm³/mol. The summed E-state index contributed by atoms with van der Waals surface area (Å²) in [6.07, 6.45) is 3.26. The molecule has 6 rings (SSSR count). The van der Waals surface area contributed by atoms with Crippen LogP contribution < -0.4 is 20.1 Å². The number of hydrogen-bond donors (Lipinski definition) is 2. The molecule has 0 unspecified atom stereocenters. The number of rotatable bonds is 8. The van der Waals surface area contributed by atoms with E-state index in [1.807, 2.05) is 85.8 Å². The Morgan fingerprint density at radius 3 is 2.49 bits per heavy atom. The van der Waals surface area contributed by atoms with Crippen molar-refractivity contribution in [2.24, 2.45) is 0 Å². The summed E-state index contributed by atoms with van der Waals surface area (Å²) in [5.74, 6) is 1.95. The van der Waals surface area contributed by atoms with Gasteiger partial charge in [0.05, 0.1) is 24.6 Å². The molecule has 0 saturated carbocycles. The van der Waals surface area contributed by atoms with E-state index >= 15 is 0 Å². The monoisotopic (exact) mass is 544 g/mol. The van der Waals surface area contributed by atoms with E-state index in [1.54, 1.807) is 36.3 Å². The second-order valence-electron chi connectivity index (χ2n) is 9.52. The number of methoxy groups -OCH3 is 1. The van der Waals surface area contributed by atoms with Gasteiger partial charge in [-0.3, -0.25) is 9.78 Å². The molecule has 1 atom stereocenters. The Balaban J connectivity index is 1.40. The molecule has 0 radical (unpaired) electrons. The Bertz CT molecular complexity index is 1700. The van der Waals surface area contributed by atoms with Crippen molar-refractivity contribution in [3.63, 3.8) is 0 Å². The zero-order valence-electron chi connectivity index (χ0n) is 22.6. The van der Waals surface area contributed by atoms with Crippen LogP contribution in [0.25, 0.3) is 11.4 Å². The molecule has 0 aliphatic carbocycles. The maximum Gasteiger partial charge on any atom is 0.255 e. The Morgan fingerprint density at radius 1 is 0.976 bits per heavy atom. The lowest BCUT2D eigenvalue weighted by Gasteiger charge is -2.29. The number of carbonyl (C=O) groups excluding carboxylic acids is 1. The van der Waals surface area contributed by atoms with Crippen molar-refractivity contribution in [1.82, 2.24) is 19.7 Å². The highest BCUT2D eigenvalue weighted by molar-refractivity contribution is 6.06. The normalized spacial score (nSPS) is 14.1. The highest BCUT2D eigenvalue weighted by Crippen LogP contribution is 2.40. The number of allylic oxidation sites excluding steroid dienone is 1. The van der Waals surface area contributed by atoms with Gasteiger partial charge in [-0.2, -0.15) is 4.98 Å². The lowest BCUT2D eigenvalue weighted by Crippen LogP contribution is -2.31. The number of aromatic nitrogens is 4. The summed E-state index contributed by atoms with van der Waals surface area (Å²) >= 11 is 0. The molecule has 2 aromatic heterocycles. The van der Waals surface area contributed by atoms with Crippen LogP contribution in [0.5, 0.6) is 11.5 Å². The van der Waals surface area contributed by atoms with Gasteiger partial charge in [-0.25, -0.2) is 4.68 Å². The maximum atomic E-state index is 13.8. The van der Waals surface area contributed by atoms with Crippen LogP contribution in [0.15, 0.2) is 115 Å². The largest absolute Gasteiger partial charge is 0.493 e. The van der Waals surface area contributed by atoms with Crippen molar-refractivity contribution in [2.75, 3.05) is 17.7 Å². The van der Waals surface area contributed by atoms with Crippen molar-refractivity contribution in [3.8, 4) is 22.9 Å². The predicted octanol–water partition coefficient (Wildman–Crippen LogP) is 5.86. The summed E-state index contributed by atoms with van der Waals surface area (Å²) in [4.78, 5) is 22.7. The summed E-state index contributed by atoms with van der Waals surface area (Å²) in [5, 5.41) is 11.1. The molecule has 41 heavy (non-hydrogen) atoms. The number of hydrogen-bond acceptors (Lipinski definition) is 7. The Kier molecular flexibility index (Phi) is 7.15. The van der Waals surface area contributed by atoms with Crippen LogP contribution in [0, 0.1) is 0 Å². The minimum atomic E-state index is -0.593. The Morgan fingerprint density at radius 2 is 1.76 bits per heavy atom. The lowest BCUT2D eigenvalue weighted by molar-refractivity contribution is -0.113. The fraction of sp³-hybridized carbons (Fsp3) is 0.125. The number of pyridine rings is 1.